The Balaban J connectivity index is 3.03. The van der Waals surface area contributed by atoms with E-state index in [1.807, 2.05) is 0 Å². The van der Waals surface area contributed by atoms with Crippen LogP contribution >= 0.6 is 23.2 Å². The number of carbonyl (C=O) groups is 1. The minimum atomic E-state index is -2.77. The zero-order valence-electron chi connectivity index (χ0n) is 8.84. The SMILES string of the molecule is CCOC(=O)Cc1nc(Cl)cc(C(F)F)c1Cl. The van der Waals surface area contributed by atoms with Gasteiger partial charge in [0.05, 0.1) is 23.7 Å². The van der Waals surface area contributed by atoms with E-state index in [9.17, 15) is 13.6 Å². The van der Waals surface area contributed by atoms with Gasteiger partial charge in [0.1, 0.15) is 5.15 Å². The summed E-state index contributed by atoms with van der Waals surface area (Å²) >= 11 is 11.3. The van der Waals surface area contributed by atoms with Crippen molar-refractivity contribution in [1.29, 1.82) is 0 Å². The summed E-state index contributed by atoms with van der Waals surface area (Å²) in [5, 5.41) is -0.388. The van der Waals surface area contributed by atoms with Gasteiger partial charge in [-0.2, -0.15) is 0 Å². The van der Waals surface area contributed by atoms with Gasteiger partial charge in [0.25, 0.3) is 6.43 Å². The Kier molecular flexibility index (Phi) is 5.08. The van der Waals surface area contributed by atoms with Crippen molar-refractivity contribution in [3.63, 3.8) is 0 Å². The first kappa shape index (κ1) is 14.1. The molecular formula is C10H9Cl2F2NO2. The molecule has 1 aromatic rings. The average molecular weight is 284 g/mol. The number of esters is 1. The van der Waals surface area contributed by atoms with E-state index in [1.165, 1.54) is 0 Å². The van der Waals surface area contributed by atoms with Gasteiger partial charge in [-0.3, -0.25) is 4.79 Å². The Morgan fingerprint density at radius 2 is 2.18 bits per heavy atom. The van der Waals surface area contributed by atoms with Crippen molar-refractivity contribution in [1.82, 2.24) is 4.98 Å². The fourth-order valence-electron chi connectivity index (χ4n) is 1.19. The highest BCUT2D eigenvalue weighted by Gasteiger charge is 2.19. The molecule has 3 nitrogen and oxygen atoms in total. The summed E-state index contributed by atoms with van der Waals surface area (Å²) in [5.74, 6) is -0.593. The van der Waals surface area contributed by atoms with Crippen LogP contribution in [0.2, 0.25) is 10.2 Å². The number of hydrogen-bond donors (Lipinski definition) is 0. The molecule has 0 saturated heterocycles. The molecule has 0 aliphatic heterocycles. The number of ether oxygens (including phenoxy) is 1. The molecule has 0 amide bonds. The quantitative estimate of drug-likeness (QED) is 0.628. The lowest BCUT2D eigenvalue weighted by Crippen LogP contribution is -2.10. The highest BCUT2D eigenvalue weighted by atomic mass is 35.5. The van der Waals surface area contributed by atoms with E-state index in [0.717, 1.165) is 6.07 Å². The molecule has 0 bridgehead atoms. The van der Waals surface area contributed by atoms with E-state index in [4.69, 9.17) is 23.2 Å². The second kappa shape index (κ2) is 6.12. The van der Waals surface area contributed by atoms with Crippen LogP contribution in [0.1, 0.15) is 24.6 Å². The van der Waals surface area contributed by atoms with Crippen molar-refractivity contribution >= 4 is 29.2 Å². The van der Waals surface area contributed by atoms with Crippen molar-refractivity contribution in [3.8, 4) is 0 Å². The highest BCUT2D eigenvalue weighted by molar-refractivity contribution is 6.33. The van der Waals surface area contributed by atoms with Gasteiger partial charge < -0.3 is 4.74 Å². The molecule has 0 aliphatic carbocycles. The molecule has 1 heterocycles. The van der Waals surface area contributed by atoms with E-state index < -0.39 is 18.0 Å². The van der Waals surface area contributed by atoms with Gasteiger partial charge in [-0.05, 0) is 13.0 Å². The van der Waals surface area contributed by atoms with Gasteiger partial charge >= 0.3 is 5.97 Å². The molecule has 1 aromatic heterocycles. The van der Waals surface area contributed by atoms with Crippen molar-refractivity contribution < 1.29 is 18.3 Å². The maximum atomic E-state index is 12.6. The van der Waals surface area contributed by atoms with Crippen LogP contribution in [0, 0.1) is 0 Å². The van der Waals surface area contributed by atoms with Crippen LogP contribution < -0.4 is 0 Å². The van der Waals surface area contributed by atoms with Crippen molar-refractivity contribution in [2.75, 3.05) is 6.61 Å². The Morgan fingerprint density at radius 3 is 2.71 bits per heavy atom. The van der Waals surface area contributed by atoms with Gasteiger partial charge in [-0.25, -0.2) is 13.8 Å². The van der Waals surface area contributed by atoms with Gasteiger partial charge in [0.15, 0.2) is 0 Å². The fourth-order valence-corrected chi connectivity index (χ4v) is 1.66. The number of rotatable bonds is 4. The molecule has 0 fully saturated rings. The van der Waals surface area contributed by atoms with Gasteiger partial charge in [-0.1, -0.05) is 23.2 Å². The van der Waals surface area contributed by atoms with Crippen LogP contribution in [0.5, 0.6) is 0 Å². The van der Waals surface area contributed by atoms with Crippen molar-refractivity contribution in [3.05, 3.63) is 27.5 Å². The van der Waals surface area contributed by atoms with Crippen LogP contribution in [0.25, 0.3) is 0 Å². The highest BCUT2D eigenvalue weighted by Crippen LogP contribution is 2.31. The minimum Gasteiger partial charge on any atom is -0.466 e. The van der Waals surface area contributed by atoms with Crippen LogP contribution in [0.3, 0.4) is 0 Å². The van der Waals surface area contributed by atoms with Crippen LogP contribution in [-0.4, -0.2) is 17.6 Å². The molecule has 0 spiro atoms. The third-order valence-electron chi connectivity index (χ3n) is 1.88. The van der Waals surface area contributed by atoms with E-state index in [2.05, 4.69) is 9.72 Å². The number of hydrogen-bond acceptors (Lipinski definition) is 3. The van der Waals surface area contributed by atoms with E-state index >= 15 is 0 Å². The standard InChI is InChI=1S/C10H9Cl2F2NO2/c1-2-17-8(16)4-6-9(12)5(10(13)14)3-7(11)15-6/h3,10H,2,4H2,1H3. The monoisotopic (exact) mass is 283 g/mol. The number of pyridine rings is 1. The Hall–Kier alpha value is -0.940. The van der Waals surface area contributed by atoms with E-state index in [0.29, 0.717) is 0 Å². The molecule has 17 heavy (non-hydrogen) atoms. The predicted molar refractivity (Wildman–Crippen MR) is 59.6 cm³/mol. The van der Waals surface area contributed by atoms with Crippen LogP contribution in [-0.2, 0) is 16.0 Å². The molecule has 0 aromatic carbocycles. The van der Waals surface area contributed by atoms with Crippen molar-refractivity contribution in [2.45, 2.75) is 19.8 Å². The average Bonchev–Trinajstić information content (AvgIpc) is 2.22. The number of nitrogens with zero attached hydrogens (tertiary/aromatic N) is 1. The van der Waals surface area contributed by atoms with Gasteiger partial charge in [0.2, 0.25) is 0 Å². The third-order valence-corrected chi connectivity index (χ3v) is 2.51. The molecule has 0 unspecified atom stereocenters. The smallest absolute Gasteiger partial charge is 0.311 e. The molecule has 94 valence electrons. The summed E-state index contributed by atoms with van der Waals surface area (Å²) in [6.07, 6.45) is -3.06. The number of aromatic nitrogens is 1. The minimum absolute atomic E-state index is 0.00656. The predicted octanol–water partition coefficient (Wildman–Crippen LogP) is 3.43. The first-order valence-electron chi connectivity index (χ1n) is 4.74. The zero-order valence-corrected chi connectivity index (χ0v) is 10.4. The summed E-state index contributed by atoms with van der Waals surface area (Å²) in [7, 11) is 0. The third kappa shape index (κ3) is 3.78. The number of carbonyl (C=O) groups excluding carboxylic acids is 1. The first-order valence-corrected chi connectivity index (χ1v) is 5.49. The van der Waals surface area contributed by atoms with E-state index in [1.54, 1.807) is 6.92 Å². The topological polar surface area (TPSA) is 39.2 Å². The first-order chi connectivity index (χ1) is 7.95. The number of alkyl halides is 2. The normalized spacial score (nSPS) is 10.7. The summed E-state index contributed by atoms with van der Waals surface area (Å²) in [6, 6.07) is 0.975. The second-order valence-corrected chi connectivity index (χ2v) is 3.84. The lowest BCUT2D eigenvalue weighted by molar-refractivity contribution is -0.142. The summed E-state index contributed by atoms with van der Waals surface area (Å²) in [6.45, 7) is 1.83. The lowest BCUT2D eigenvalue weighted by atomic mass is 10.2. The maximum absolute atomic E-state index is 12.6. The van der Waals surface area contributed by atoms with E-state index in [-0.39, 0.29) is 28.9 Å². The summed E-state index contributed by atoms with van der Waals surface area (Å²) in [4.78, 5) is 14.9. The lowest BCUT2D eigenvalue weighted by Gasteiger charge is -2.08. The zero-order chi connectivity index (χ0) is 13.0. The summed E-state index contributed by atoms with van der Waals surface area (Å²) < 4.78 is 29.8. The second-order valence-electron chi connectivity index (χ2n) is 3.08. The molecule has 0 aliphatic rings. The van der Waals surface area contributed by atoms with Gasteiger partial charge in [-0.15, -0.1) is 0 Å². The fraction of sp³-hybridized carbons (Fsp3) is 0.400. The number of halogens is 4. The molecule has 0 atom stereocenters. The Bertz CT molecular complexity index is 427. The molecular weight excluding hydrogens is 275 g/mol. The molecule has 0 saturated carbocycles. The van der Waals surface area contributed by atoms with Crippen molar-refractivity contribution in [2.24, 2.45) is 0 Å². The Labute approximate surface area is 107 Å². The van der Waals surface area contributed by atoms with Crippen LogP contribution in [0.4, 0.5) is 8.78 Å². The summed E-state index contributed by atoms with van der Waals surface area (Å²) in [5.41, 5.74) is -0.445. The molecule has 0 radical (unpaired) electrons. The largest absolute Gasteiger partial charge is 0.466 e. The molecule has 0 N–H and O–H groups in total. The van der Waals surface area contributed by atoms with Crippen LogP contribution in [0.15, 0.2) is 6.07 Å². The Morgan fingerprint density at radius 1 is 1.53 bits per heavy atom. The van der Waals surface area contributed by atoms with Gasteiger partial charge in [0, 0.05) is 5.56 Å². The molecule has 1 rings (SSSR count). The molecule has 7 heteroatoms. The maximum Gasteiger partial charge on any atom is 0.311 e.